The summed E-state index contributed by atoms with van der Waals surface area (Å²) in [6.07, 6.45) is 1.90. The molecule has 1 unspecified atom stereocenters. The van der Waals surface area contributed by atoms with Crippen molar-refractivity contribution in [1.82, 2.24) is 10.2 Å². The zero-order chi connectivity index (χ0) is 15.3. The summed E-state index contributed by atoms with van der Waals surface area (Å²) in [6, 6.07) is 5.35. The standard InChI is InChI=1S/C16H17N3O3/c20-14-5-4-13(15(21)17-14)19-9-10-8-11(18-6-1-7-18)2-3-12(10)16(19)22/h2-3,8,13H,1,4-7,9H2,(H,17,20,21). The van der Waals surface area contributed by atoms with Gasteiger partial charge >= 0.3 is 0 Å². The molecule has 4 rings (SSSR count). The first-order chi connectivity index (χ1) is 10.6. The molecule has 3 aliphatic rings. The van der Waals surface area contributed by atoms with E-state index < -0.39 is 6.04 Å². The topological polar surface area (TPSA) is 69.7 Å². The van der Waals surface area contributed by atoms with Crippen LogP contribution in [0.4, 0.5) is 5.69 Å². The number of carbonyl (C=O) groups excluding carboxylic acids is 3. The van der Waals surface area contributed by atoms with Crippen LogP contribution in [-0.4, -0.2) is 41.8 Å². The SMILES string of the molecule is O=C1CCC(N2Cc3cc(N4CCC4)ccc3C2=O)C(=O)N1. The summed E-state index contributed by atoms with van der Waals surface area (Å²) >= 11 is 0. The Morgan fingerprint density at radius 1 is 1.14 bits per heavy atom. The lowest BCUT2D eigenvalue weighted by atomic mass is 10.0. The minimum atomic E-state index is -0.537. The number of nitrogens with zero attached hydrogens (tertiary/aromatic N) is 2. The molecular weight excluding hydrogens is 282 g/mol. The highest BCUT2D eigenvalue weighted by molar-refractivity contribution is 6.05. The molecule has 1 atom stereocenters. The lowest BCUT2D eigenvalue weighted by molar-refractivity contribution is -0.136. The number of hydrogen-bond acceptors (Lipinski definition) is 4. The maximum Gasteiger partial charge on any atom is 0.255 e. The number of carbonyl (C=O) groups is 3. The normalized spacial score (nSPS) is 24.2. The molecule has 6 nitrogen and oxygen atoms in total. The van der Waals surface area contributed by atoms with E-state index in [2.05, 4.69) is 16.3 Å². The summed E-state index contributed by atoms with van der Waals surface area (Å²) in [4.78, 5) is 39.6. The predicted molar refractivity (Wildman–Crippen MR) is 79.3 cm³/mol. The van der Waals surface area contributed by atoms with Gasteiger partial charge in [-0.1, -0.05) is 0 Å². The van der Waals surface area contributed by atoms with Gasteiger partial charge in [0.25, 0.3) is 5.91 Å². The number of rotatable bonds is 2. The van der Waals surface area contributed by atoms with Crippen LogP contribution in [0.1, 0.15) is 35.2 Å². The van der Waals surface area contributed by atoms with E-state index in [9.17, 15) is 14.4 Å². The number of benzene rings is 1. The minimum Gasteiger partial charge on any atom is -0.371 e. The maximum atomic E-state index is 12.5. The Hall–Kier alpha value is -2.37. The maximum absolute atomic E-state index is 12.5. The Morgan fingerprint density at radius 3 is 2.64 bits per heavy atom. The van der Waals surface area contributed by atoms with Gasteiger partial charge < -0.3 is 9.80 Å². The average Bonchev–Trinajstić information content (AvgIpc) is 2.74. The molecule has 1 N–H and O–H groups in total. The van der Waals surface area contributed by atoms with Crippen molar-refractivity contribution in [1.29, 1.82) is 0 Å². The van der Waals surface area contributed by atoms with Crippen LogP contribution in [0, 0.1) is 0 Å². The Bertz CT molecular complexity index is 681. The van der Waals surface area contributed by atoms with Gasteiger partial charge in [-0.25, -0.2) is 0 Å². The molecule has 3 aliphatic heterocycles. The lowest BCUT2D eigenvalue weighted by Gasteiger charge is -2.33. The highest BCUT2D eigenvalue weighted by Gasteiger charge is 2.39. The summed E-state index contributed by atoms with van der Waals surface area (Å²) < 4.78 is 0. The number of anilines is 1. The van der Waals surface area contributed by atoms with Gasteiger partial charge in [-0.3, -0.25) is 19.7 Å². The van der Waals surface area contributed by atoms with Crippen LogP contribution in [0.2, 0.25) is 0 Å². The third kappa shape index (κ3) is 1.98. The zero-order valence-corrected chi connectivity index (χ0v) is 12.2. The van der Waals surface area contributed by atoms with Crippen LogP contribution in [0.5, 0.6) is 0 Å². The number of piperidine rings is 1. The molecule has 0 aliphatic carbocycles. The molecule has 3 amide bonds. The molecule has 114 valence electrons. The van der Waals surface area contributed by atoms with E-state index in [0.717, 1.165) is 24.3 Å². The van der Waals surface area contributed by atoms with E-state index in [4.69, 9.17) is 0 Å². The highest BCUT2D eigenvalue weighted by atomic mass is 16.2. The zero-order valence-electron chi connectivity index (χ0n) is 12.2. The van der Waals surface area contributed by atoms with Crippen LogP contribution in [0.25, 0.3) is 0 Å². The Balaban J connectivity index is 1.58. The fourth-order valence-corrected chi connectivity index (χ4v) is 3.33. The van der Waals surface area contributed by atoms with E-state index in [0.29, 0.717) is 18.5 Å². The van der Waals surface area contributed by atoms with E-state index >= 15 is 0 Å². The Morgan fingerprint density at radius 2 is 1.95 bits per heavy atom. The average molecular weight is 299 g/mol. The molecule has 1 aromatic carbocycles. The number of imide groups is 1. The number of hydrogen-bond donors (Lipinski definition) is 1. The van der Waals surface area contributed by atoms with Crippen LogP contribution in [0.15, 0.2) is 18.2 Å². The molecule has 2 saturated heterocycles. The summed E-state index contributed by atoms with van der Waals surface area (Å²) in [5.74, 6) is -0.731. The fourth-order valence-electron chi connectivity index (χ4n) is 3.33. The van der Waals surface area contributed by atoms with Gasteiger partial charge in [-0.15, -0.1) is 0 Å². The quantitative estimate of drug-likeness (QED) is 0.814. The molecule has 0 radical (unpaired) electrons. The van der Waals surface area contributed by atoms with Crippen molar-refractivity contribution in [2.45, 2.75) is 31.8 Å². The van der Waals surface area contributed by atoms with Gasteiger partial charge in [0.15, 0.2) is 0 Å². The summed E-state index contributed by atoms with van der Waals surface area (Å²) in [7, 11) is 0. The number of nitrogens with one attached hydrogen (secondary N) is 1. The summed E-state index contributed by atoms with van der Waals surface area (Å²) in [5, 5.41) is 2.32. The fraction of sp³-hybridized carbons (Fsp3) is 0.438. The van der Waals surface area contributed by atoms with Crippen molar-refractivity contribution in [3.8, 4) is 0 Å². The van der Waals surface area contributed by atoms with E-state index in [1.165, 1.54) is 6.42 Å². The summed E-state index contributed by atoms with van der Waals surface area (Å²) in [6.45, 7) is 2.56. The third-order valence-corrected chi connectivity index (χ3v) is 4.73. The van der Waals surface area contributed by atoms with Crippen molar-refractivity contribution < 1.29 is 14.4 Å². The van der Waals surface area contributed by atoms with Crippen molar-refractivity contribution in [2.75, 3.05) is 18.0 Å². The lowest BCUT2D eigenvalue weighted by Crippen LogP contribution is -2.52. The molecule has 3 heterocycles. The minimum absolute atomic E-state index is 0.111. The van der Waals surface area contributed by atoms with Crippen molar-refractivity contribution in [2.24, 2.45) is 0 Å². The molecule has 0 aromatic heterocycles. The molecule has 0 bridgehead atoms. The van der Waals surface area contributed by atoms with Gasteiger partial charge in [0.2, 0.25) is 11.8 Å². The van der Waals surface area contributed by atoms with E-state index in [1.54, 1.807) is 4.90 Å². The van der Waals surface area contributed by atoms with Crippen LogP contribution in [0.3, 0.4) is 0 Å². The second kappa shape index (κ2) is 4.83. The van der Waals surface area contributed by atoms with Gasteiger partial charge in [0, 0.05) is 37.3 Å². The van der Waals surface area contributed by atoms with Gasteiger partial charge in [0.1, 0.15) is 6.04 Å². The molecule has 6 heteroatoms. The monoisotopic (exact) mass is 299 g/mol. The molecule has 0 saturated carbocycles. The van der Waals surface area contributed by atoms with Crippen LogP contribution in [-0.2, 0) is 16.1 Å². The van der Waals surface area contributed by atoms with Crippen LogP contribution >= 0.6 is 0 Å². The van der Waals surface area contributed by atoms with E-state index in [-0.39, 0.29) is 24.1 Å². The second-order valence-corrected chi connectivity index (χ2v) is 6.08. The predicted octanol–water partition coefficient (Wildman–Crippen LogP) is 0.658. The molecule has 1 aromatic rings. The first kappa shape index (κ1) is 13.3. The molecule has 0 spiro atoms. The summed E-state index contributed by atoms with van der Waals surface area (Å²) in [5.41, 5.74) is 2.79. The third-order valence-electron chi connectivity index (χ3n) is 4.73. The highest BCUT2D eigenvalue weighted by Crippen LogP contribution is 2.31. The van der Waals surface area contributed by atoms with Gasteiger partial charge in [-0.05, 0) is 36.6 Å². The smallest absolute Gasteiger partial charge is 0.255 e. The number of amides is 3. The second-order valence-electron chi connectivity index (χ2n) is 6.08. The molecular formula is C16H17N3O3. The molecule has 22 heavy (non-hydrogen) atoms. The Kier molecular flexibility index (Phi) is 2.92. The van der Waals surface area contributed by atoms with Crippen molar-refractivity contribution >= 4 is 23.4 Å². The number of fused-ring (bicyclic) bond motifs is 1. The molecule has 2 fully saturated rings. The van der Waals surface area contributed by atoms with Gasteiger partial charge in [-0.2, -0.15) is 0 Å². The van der Waals surface area contributed by atoms with Crippen molar-refractivity contribution in [3.63, 3.8) is 0 Å². The Labute approximate surface area is 128 Å². The van der Waals surface area contributed by atoms with Crippen molar-refractivity contribution in [3.05, 3.63) is 29.3 Å². The van der Waals surface area contributed by atoms with Gasteiger partial charge in [0.05, 0.1) is 0 Å². The van der Waals surface area contributed by atoms with Crippen LogP contribution < -0.4 is 10.2 Å². The first-order valence-electron chi connectivity index (χ1n) is 7.66. The first-order valence-corrected chi connectivity index (χ1v) is 7.66. The van der Waals surface area contributed by atoms with E-state index in [1.807, 2.05) is 12.1 Å². The largest absolute Gasteiger partial charge is 0.371 e.